The molecule has 0 saturated heterocycles. The summed E-state index contributed by atoms with van der Waals surface area (Å²) in [7, 11) is 0. The highest BCUT2D eigenvalue weighted by molar-refractivity contribution is 5.83. The van der Waals surface area contributed by atoms with Crippen LogP contribution in [0.2, 0.25) is 0 Å². The zero-order valence-electron chi connectivity index (χ0n) is 13.9. The number of aliphatic carboxylic acids is 1. The van der Waals surface area contributed by atoms with Gasteiger partial charge in [-0.2, -0.15) is 18.2 Å². The number of halogens is 4. The van der Waals surface area contributed by atoms with Crippen molar-refractivity contribution in [2.45, 2.75) is 12.1 Å². The average Bonchev–Trinajstić information content (AvgIpc) is 3.06. The molecule has 6 nitrogen and oxygen atoms in total. The Morgan fingerprint density at radius 1 is 1.11 bits per heavy atom. The number of carbonyl (C=O) groups is 1. The van der Waals surface area contributed by atoms with Crippen molar-refractivity contribution in [1.82, 2.24) is 4.98 Å². The second-order valence-corrected chi connectivity index (χ2v) is 5.66. The molecule has 1 aromatic heterocycles. The number of carboxylic acids is 1. The van der Waals surface area contributed by atoms with Crippen molar-refractivity contribution < 1.29 is 36.6 Å². The van der Waals surface area contributed by atoms with Gasteiger partial charge in [0.05, 0.1) is 0 Å². The monoisotopic (exact) mass is 396 g/mol. The molecule has 0 amide bonds. The summed E-state index contributed by atoms with van der Waals surface area (Å²) in [5.41, 5.74) is 4.75. The number of hydrogen-bond donors (Lipinski definition) is 2. The fourth-order valence-electron chi connectivity index (χ4n) is 2.62. The van der Waals surface area contributed by atoms with E-state index in [-0.39, 0.29) is 5.75 Å². The van der Waals surface area contributed by atoms with Gasteiger partial charge in [0.1, 0.15) is 29.5 Å². The van der Waals surface area contributed by atoms with E-state index in [4.69, 9.17) is 10.5 Å². The van der Waals surface area contributed by atoms with Gasteiger partial charge in [-0.05, 0) is 12.1 Å². The van der Waals surface area contributed by atoms with Gasteiger partial charge < -0.3 is 20.0 Å². The molecular weight excluding hydrogens is 384 g/mol. The van der Waals surface area contributed by atoms with Gasteiger partial charge >= 0.3 is 12.1 Å². The number of hydrogen-bond acceptors (Lipinski definition) is 5. The fourth-order valence-corrected chi connectivity index (χ4v) is 2.62. The van der Waals surface area contributed by atoms with E-state index < -0.39 is 35.6 Å². The maximum Gasteiger partial charge on any atom is 0.436 e. The number of nitrogens with zero attached hydrogens (tertiary/aromatic N) is 1. The van der Waals surface area contributed by atoms with E-state index in [0.29, 0.717) is 23.1 Å². The molecule has 2 aromatic carbocycles. The van der Waals surface area contributed by atoms with Gasteiger partial charge in [0.2, 0.25) is 0 Å². The van der Waals surface area contributed by atoms with E-state index in [0.717, 1.165) is 0 Å². The van der Waals surface area contributed by atoms with Crippen LogP contribution in [0.1, 0.15) is 22.7 Å². The Hall–Kier alpha value is -3.56. The number of para-hydroxylation sites is 1. The summed E-state index contributed by atoms with van der Waals surface area (Å²) in [4.78, 5) is 14.3. The quantitative estimate of drug-likeness (QED) is 0.591. The number of anilines is 1. The lowest BCUT2D eigenvalue weighted by molar-refractivity contribution is -0.141. The topological polar surface area (TPSA) is 98.6 Å². The highest BCUT2D eigenvalue weighted by Gasteiger charge is 2.34. The van der Waals surface area contributed by atoms with Crippen LogP contribution in [0.15, 0.2) is 53.1 Å². The number of nitrogens with two attached hydrogens (primary N) is 1. The van der Waals surface area contributed by atoms with E-state index >= 15 is 0 Å². The summed E-state index contributed by atoms with van der Waals surface area (Å²) in [5.74, 6) is -1.51. The van der Waals surface area contributed by atoms with Crippen molar-refractivity contribution in [1.29, 1.82) is 0 Å². The number of alkyl halides is 3. The molecule has 0 saturated carbocycles. The molecule has 0 aliphatic carbocycles. The maximum atomic E-state index is 13.2. The molecule has 0 spiro atoms. The molecule has 3 aromatic rings. The molecule has 4 rings (SSSR count). The molecule has 146 valence electrons. The van der Waals surface area contributed by atoms with Crippen LogP contribution in [0.3, 0.4) is 0 Å². The van der Waals surface area contributed by atoms with Crippen molar-refractivity contribution in [3.63, 3.8) is 0 Å². The lowest BCUT2D eigenvalue weighted by Gasteiger charge is -2.25. The summed E-state index contributed by atoms with van der Waals surface area (Å²) >= 11 is 0. The molecule has 0 radical (unpaired) electrons. The van der Waals surface area contributed by atoms with E-state index in [1.807, 2.05) is 0 Å². The van der Waals surface area contributed by atoms with E-state index in [1.165, 1.54) is 18.2 Å². The summed E-state index contributed by atoms with van der Waals surface area (Å²) in [5, 5.41) is 9.35. The minimum Gasteiger partial charge on any atom is -0.481 e. The zero-order chi connectivity index (χ0) is 20.5. The Morgan fingerprint density at radius 2 is 1.79 bits per heavy atom. The number of oxazole rings is 1. The first-order valence-electron chi connectivity index (χ1n) is 7.74. The summed E-state index contributed by atoms with van der Waals surface area (Å²) < 4.78 is 57.7. The smallest absolute Gasteiger partial charge is 0.436 e. The predicted octanol–water partition coefficient (Wildman–Crippen LogP) is 4.42. The number of rotatable bonds is 1. The Labute approximate surface area is 155 Å². The largest absolute Gasteiger partial charge is 0.481 e. The highest BCUT2D eigenvalue weighted by Crippen LogP contribution is 2.44. The Balaban J connectivity index is 0.000000192. The van der Waals surface area contributed by atoms with Crippen molar-refractivity contribution in [3.8, 4) is 11.5 Å². The van der Waals surface area contributed by atoms with Crippen molar-refractivity contribution in [2.24, 2.45) is 0 Å². The van der Waals surface area contributed by atoms with Gasteiger partial charge in [-0.3, -0.25) is 4.79 Å². The van der Waals surface area contributed by atoms with Gasteiger partial charge in [0, 0.05) is 17.2 Å². The Kier molecular flexibility index (Phi) is 4.95. The van der Waals surface area contributed by atoms with Gasteiger partial charge in [-0.15, -0.1) is 0 Å². The number of benzene rings is 2. The number of ether oxygens (including phenoxy) is 1. The molecule has 1 unspecified atom stereocenters. The van der Waals surface area contributed by atoms with E-state index in [2.05, 4.69) is 9.40 Å². The molecule has 28 heavy (non-hydrogen) atoms. The van der Waals surface area contributed by atoms with Crippen LogP contribution < -0.4 is 10.5 Å². The van der Waals surface area contributed by atoms with Crippen molar-refractivity contribution in [2.75, 3.05) is 5.73 Å². The van der Waals surface area contributed by atoms with Crippen LogP contribution in [0.4, 0.5) is 23.6 Å². The molecule has 3 N–H and O–H groups in total. The van der Waals surface area contributed by atoms with Crippen molar-refractivity contribution >= 4 is 12.0 Å². The minimum absolute atomic E-state index is 0.265. The molecule has 2 heterocycles. The zero-order valence-corrected chi connectivity index (χ0v) is 13.9. The summed E-state index contributed by atoms with van der Waals surface area (Å²) in [6, 6.07) is 10.3. The minimum atomic E-state index is -4.47. The normalized spacial score (nSPS) is 14.8. The third-order valence-electron chi connectivity index (χ3n) is 3.80. The number of aromatic nitrogens is 1. The molecule has 1 atom stereocenters. The molecule has 1 aliphatic heterocycles. The molecular formula is C18H12F4N2O4. The van der Waals surface area contributed by atoms with Gasteiger partial charge in [-0.1, -0.05) is 24.3 Å². The third-order valence-corrected chi connectivity index (χ3v) is 3.80. The highest BCUT2D eigenvalue weighted by atomic mass is 19.4. The van der Waals surface area contributed by atoms with E-state index in [1.54, 1.807) is 24.3 Å². The van der Waals surface area contributed by atoms with Crippen molar-refractivity contribution in [3.05, 3.63) is 71.4 Å². The van der Waals surface area contributed by atoms with Gasteiger partial charge in [0.15, 0.2) is 5.69 Å². The Bertz CT molecular complexity index is 1020. The lowest BCUT2D eigenvalue weighted by atomic mass is 9.88. The SMILES string of the molecule is Nc1nc(C(F)(F)F)co1.O=C(O)C1c2ccccc2Oc2cc(F)ccc21. The van der Waals surface area contributed by atoms with Crippen LogP contribution in [0.5, 0.6) is 11.5 Å². The summed E-state index contributed by atoms with van der Waals surface area (Å²) in [6.45, 7) is 0. The first kappa shape index (κ1) is 19.2. The second-order valence-electron chi connectivity index (χ2n) is 5.66. The molecule has 0 fully saturated rings. The van der Waals surface area contributed by atoms with Gasteiger partial charge in [0.25, 0.3) is 6.01 Å². The first-order valence-corrected chi connectivity index (χ1v) is 7.74. The predicted molar refractivity (Wildman–Crippen MR) is 88.3 cm³/mol. The van der Waals surface area contributed by atoms with Crippen LogP contribution in [0, 0.1) is 5.82 Å². The van der Waals surface area contributed by atoms with Gasteiger partial charge in [-0.25, -0.2) is 4.39 Å². The first-order chi connectivity index (χ1) is 13.2. The Morgan fingerprint density at radius 3 is 2.36 bits per heavy atom. The number of fused-ring (bicyclic) bond motifs is 2. The van der Waals surface area contributed by atoms with Crippen LogP contribution in [-0.2, 0) is 11.0 Å². The van der Waals surface area contributed by atoms with Crippen LogP contribution >= 0.6 is 0 Å². The standard InChI is InChI=1S/C14H9FO3.C4H3F3N2O/c15-8-5-6-10-12(7-8)18-11-4-2-1-3-9(11)13(10)14(16)17;5-4(6,7)2-1-10-3(8)9-2/h1-7,13H,(H,16,17);1H,(H2,8,9). The number of nitrogen functional groups attached to an aromatic ring is 1. The third kappa shape index (κ3) is 3.90. The lowest BCUT2D eigenvalue weighted by Crippen LogP contribution is -2.18. The molecule has 1 aliphatic rings. The van der Waals surface area contributed by atoms with Crippen LogP contribution in [0.25, 0.3) is 0 Å². The van der Waals surface area contributed by atoms with Crippen LogP contribution in [-0.4, -0.2) is 16.1 Å². The molecule has 10 heteroatoms. The number of carboxylic acid groups (broad SMARTS) is 1. The average molecular weight is 396 g/mol. The molecule has 0 bridgehead atoms. The maximum absolute atomic E-state index is 13.2. The summed E-state index contributed by atoms with van der Waals surface area (Å²) in [6.07, 6.45) is -4.00. The second kappa shape index (κ2) is 7.22. The van der Waals surface area contributed by atoms with E-state index in [9.17, 15) is 27.5 Å². The fraction of sp³-hybridized carbons (Fsp3) is 0.111.